The summed E-state index contributed by atoms with van der Waals surface area (Å²) in [7, 11) is 1.49. The van der Waals surface area contributed by atoms with Crippen LogP contribution in [0.1, 0.15) is 11.7 Å². The predicted octanol–water partition coefficient (Wildman–Crippen LogP) is 2.34. The highest BCUT2D eigenvalue weighted by Gasteiger charge is 2.30. The largest absolute Gasteiger partial charge is 0.493 e. The molecule has 1 N–H and O–H groups in total. The van der Waals surface area contributed by atoms with Gasteiger partial charge in [-0.2, -0.15) is 0 Å². The Balaban J connectivity index is 1.93. The number of rotatable bonds is 5. The van der Waals surface area contributed by atoms with E-state index in [9.17, 15) is 4.39 Å². The lowest BCUT2D eigenvalue weighted by Gasteiger charge is -2.31. The summed E-state index contributed by atoms with van der Waals surface area (Å²) in [5.41, 5.74) is 0.825. The van der Waals surface area contributed by atoms with Crippen molar-refractivity contribution in [2.24, 2.45) is 0 Å². The molecule has 2 atom stereocenters. The monoisotopic (exact) mass is 318 g/mol. The summed E-state index contributed by atoms with van der Waals surface area (Å²) in [6.07, 6.45) is 2.67. The predicted molar refractivity (Wildman–Crippen MR) is 83.2 cm³/mol. The van der Waals surface area contributed by atoms with Crippen molar-refractivity contribution in [3.8, 4) is 11.5 Å². The van der Waals surface area contributed by atoms with Crippen molar-refractivity contribution in [2.45, 2.75) is 12.2 Å². The smallest absolute Gasteiger partial charge is 0.197 e. The van der Waals surface area contributed by atoms with Gasteiger partial charge in [-0.05, 0) is 18.2 Å². The van der Waals surface area contributed by atoms with Crippen LogP contribution in [0.5, 0.6) is 11.5 Å². The zero-order valence-electron chi connectivity index (χ0n) is 12.9. The maximum Gasteiger partial charge on any atom is 0.197 e. The van der Waals surface area contributed by atoms with Gasteiger partial charge < -0.3 is 19.5 Å². The van der Waals surface area contributed by atoms with Gasteiger partial charge in [-0.15, -0.1) is 0 Å². The minimum absolute atomic E-state index is 0.0815. The number of morpholine rings is 1. The van der Waals surface area contributed by atoms with Crippen LogP contribution >= 0.6 is 0 Å². The molecule has 2 heterocycles. The molecule has 0 spiro atoms. The van der Waals surface area contributed by atoms with Crippen LogP contribution in [-0.2, 0) is 4.74 Å². The summed E-state index contributed by atoms with van der Waals surface area (Å²) in [5, 5.41) is 3.26. The molecule has 122 valence electrons. The molecule has 0 amide bonds. The van der Waals surface area contributed by atoms with E-state index in [4.69, 9.17) is 14.2 Å². The van der Waals surface area contributed by atoms with E-state index >= 15 is 0 Å². The Morgan fingerprint density at radius 3 is 2.96 bits per heavy atom. The number of nitrogens with one attached hydrogen (secondary N) is 1. The van der Waals surface area contributed by atoms with Crippen LogP contribution in [0.15, 0.2) is 42.7 Å². The van der Waals surface area contributed by atoms with E-state index in [0.29, 0.717) is 18.9 Å². The lowest BCUT2D eigenvalue weighted by molar-refractivity contribution is -0.0449. The number of aromatic nitrogens is 1. The summed E-state index contributed by atoms with van der Waals surface area (Å²) in [6, 6.07) is 8.30. The molecule has 2 aromatic rings. The molecule has 0 aliphatic carbocycles. The minimum atomic E-state index is -0.484. The number of ether oxygens (including phenoxy) is 3. The first-order chi connectivity index (χ1) is 11.3. The van der Waals surface area contributed by atoms with Gasteiger partial charge in [0.25, 0.3) is 0 Å². The average Bonchev–Trinajstić information content (AvgIpc) is 2.62. The molecule has 0 radical (unpaired) electrons. The van der Waals surface area contributed by atoms with Crippen molar-refractivity contribution < 1.29 is 18.6 Å². The topological polar surface area (TPSA) is 52.6 Å². The van der Waals surface area contributed by atoms with Crippen LogP contribution < -0.4 is 14.8 Å². The molecule has 1 saturated heterocycles. The van der Waals surface area contributed by atoms with Crippen LogP contribution in [0, 0.1) is 5.82 Å². The maximum atomic E-state index is 14.2. The van der Waals surface area contributed by atoms with E-state index in [1.807, 2.05) is 12.1 Å². The molecule has 1 aliphatic rings. The Hall–Kier alpha value is -2.18. The lowest BCUT2D eigenvalue weighted by Crippen LogP contribution is -2.43. The summed E-state index contributed by atoms with van der Waals surface area (Å²) < 4.78 is 31.2. The van der Waals surface area contributed by atoms with Gasteiger partial charge in [0.2, 0.25) is 0 Å². The fourth-order valence-electron chi connectivity index (χ4n) is 2.57. The third-order valence-corrected chi connectivity index (χ3v) is 3.70. The van der Waals surface area contributed by atoms with E-state index in [1.165, 1.54) is 13.2 Å². The van der Waals surface area contributed by atoms with E-state index < -0.39 is 11.9 Å². The van der Waals surface area contributed by atoms with Crippen LogP contribution in [-0.4, -0.2) is 37.9 Å². The van der Waals surface area contributed by atoms with E-state index in [1.54, 1.807) is 24.5 Å². The molecule has 1 unspecified atom stereocenters. The van der Waals surface area contributed by atoms with Crippen molar-refractivity contribution in [3.05, 3.63) is 54.1 Å². The second kappa shape index (κ2) is 7.39. The quantitative estimate of drug-likeness (QED) is 0.917. The third kappa shape index (κ3) is 3.60. The number of methoxy groups -OCH3 is 1. The van der Waals surface area contributed by atoms with Crippen molar-refractivity contribution in [1.82, 2.24) is 10.3 Å². The second-order valence-corrected chi connectivity index (χ2v) is 5.21. The van der Waals surface area contributed by atoms with Crippen molar-refractivity contribution in [2.75, 3.05) is 26.8 Å². The standard InChI is InChI=1S/C17H19FN2O3/c1-21-14-6-2-5-13(18)17(14)23-16(12-4-3-7-19-10-12)15-11-20-8-9-22-15/h2-7,10,15-16,20H,8-9,11H2,1H3/t15?,16-/m0/s1. The first-order valence-corrected chi connectivity index (χ1v) is 7.51. The van der Waals surface area contributed by atoms with Crippen molar-refractivity contribution >= 4 is 0 Å². The normalized spacial score (nSPS) is 19.1. The zero-order chi connectivity index (χ0) is 16.1. The van der Waals surface area contributed by atoms with Crippen LogP contribution in [0.25, 0.3) is 0 Å². The Kier molecular flexibility index (Phi) is 5.05. The molecule has 6 heteroatoms. The Morgan fingerprint density at radius 1 is 1.35 bits per heavy atom. The number of hydrogen-bond donors (Lipinski definition) is 1. The summed E-state index contributed by atoms with van der Waals surface area (Å²) in [6.45, 7) is 1.99. The maximum absolute atomic E-state index is 14.2. The van der Waals surface area contributed by atoms with Gasteiger partial charge in [-0.25, -0.2) is 4.39 Å². The Bertz CT molecular complexity index is 633. The first kappa shape index (κ1) is 15.7. The second-order valence-electron chi connectivity index (χ2n) is 5.21. The molecule has 1 fully saturated rings. The molecule has 0 bridgehead atoms. The number of halogens is 1. The number of benzene rings is 1. The number of nitrogens with zero attached hydrogens (tertiary/aromatic N) is 1. The highest BCUT2D eigenvalue weighted by Crippen LogP contribution is 2.35. The molecule has 23 heavy (non-hydrogen) atoms. The highest BCUT2D eigenvalue weighted by molar-refractivity contribution is 5.41. The average molecular weight is 318 g/mol. The molecule has 0 saturated carbocycles. The molecule has 1 aliphatic heterocycles. The third-order valence-electron chi connectivity index (χ3n) is 3.70. The SMILES string of the molecule is COc1cccc(F)c1O[C@@H](c1cccnc1)C1CNCCO1. The van der Waals surface area contributed by atoms with Crippen LogP contribution in [0.4, 0.5) is 4.39 Å². The van der Waals surface area contributed by atoms with Gasteiger partial charge in [-0.3, -0.25) is 4.98 Å². The Morgan fingerprint density at radius 2 is 2.26 bits per heavy atom. The van der Waals surface area contributed by atoms with Crippen LogP contribution in [0.2, 0.25) is 0 Å². The van der Waals surface area contributed by atoms with E-state index in [0.717, 1.165) is 12.1 Å². The van der Waals surface area contributed by atoms with Crippen molar-refractivity contribution in [1.29, 1.82) is 0 Å². The van der Waals surface area contributed by atoms with Crippen LogP contribution in [0.3, 0.4) is 0 Å². The van der Waals surface area contributed by atoms with Gasteiger partial charge in [0.1, 0.15) is 6.10 Å². The van der Waals surface area contributed by atoms with Gasteiger partial charge >= 0.3 is 0 Å². The lowest BCUT2D eigenvalue weighted by atomic mass is 10.0. The molecular weight excluding hydrogens is 299 g/mol. The van der Waals surface area contributed by atoms with Gasteiger partial charge in [0, 0.05) is 31.0 Å². The van der Waals surface area contributed by atoms with Crippen molar-refractivity contribution in [3.63, 3.8) is 0 Å². The zero-order valence-corrected chi connectivity index (χ0v) is 12.9. The molecule has 1 aromatic heterocycles. The van der Waals surface area contributed by atoms with Gasteiger partial charge in [0.15, 0.2) is 23.4 Å². The van der Waals surface area contributed by atoms with Gasteiger partial charge in [0.05, 0.1) is 13.7 Å². The molecule has 5 nitrogen and oxygen atoms in total. The molecule has 1 aromatic carbocycles. The molecule has 3 rings (SSSR count). The fourth-order valence-corrected chi connectivity index (χ4v) is 2.57. The fraction of sp³-hybridized carbons (Fsp3) is 0.353. The minimum Gasteiger partial charge on any atom is -0.493 e. The van der Waals surface area contributed by atoms with E-state index in [-0.39, 0.29) is 11.9 Å². The Labute approximate surface area is 134 Å². The summed E-state index contributed by atoms with van der Waals surface area (Å²) in [4.78, 5) is 4.13. The van der Waals surface area contributed by atoms with E-state index in [2.05, 4.69) is 10.3 Å². The summed E-state index contributed by atoms with van der Waals surface area (Å²) >= 11 is 0. The van der Waals surface area contributed by atoms with Gasteiger partial charge in [-0.1, -0.05) is 12.1 Å². The number of para-hydroxylation sites is 1. The molecular formula is C17H19FN2O3. The number of pyridine rings is 1. The summed E-state index contributed by atoms with van der Waals surface area (Å²) in [5.74, 6) is -0.0392. The highest BCUT2D eigenvalue weighted by atomic mass is 19.1. The number of hydrogen-bond acceptors (Lipinski definition) is 5. The first-order valence-electron chi connectivity index (χ1n) is 7.51.